The monoisotopic (exact) mass is 178 g/mol. The van der Waals surface area contributed by atoms with Crippen molar-refractivity contribution in [3.63, 3.8) is 0 Å². The van der Waals surface area contributed by atoms with Crippen LogP contribution < -0.4 is 0 Å². The first-order valence-electron chi connectivity index (χ1n) is 3.69. The molecule has 2 atom stereocenters. The van der Waals surface area contributed by atoms with Crippen LogP contribution in [0.15, 0.2) is 0 Å². The second kappa shape index (κ2) is 1.96. The molecular weight excluding hydrogens is 170 g/mol. The zero-order valence-electron chi connectivity index (χ0n) is 6.22. The van der Waals surface area contributed by atoms with Crippen LogP contribution in [0.5, 0.6) is 0 Å². The van der Waals surface area contributed by atoms with E-state index in [2.05, 4.69) is 0 Å². The van der Waals surface area contributed by atoms with Gasteiger partial charge in [-0.25, -0.2) is 13.6 Å². The van der Waals surface area contributed by atoms with Crippen molar-refractivity contribution in [3.8, 4) is 0 Å². The summed E-state index contributed by atoms with van der Waals surface area (Å²) in [6.45, 7) is -0.114. The SMILES string of the molecule is O=C(O)C1CC2(CO1)CC2(F)F. The van der Waals surface area contributed by atoms with Crippen molar-refractivity contribution in [2.45, 2.75) is 24.9 Å². The quantitative estimate of drug-likeness (QED) is 0.648. The number of hydrogen-bond donors (Lipinski definition) is 1. The molecule has 0 aromatic heterocycles. The Morgan fingerprint density at radius 1 is 1.58 bits per heavy atom. The predicted octanol–water partition coefficient (Wildman–Crippen LogP) is 0.885. The molecule has 0 radical (unpaired) electrons. The summed E-state index contributed by atoms with van der Waals surface area (Å²) in [5, 5.41) is 8.47. The van der Waals surface area contributed by atoms with E-state index in [4.69, 9.17) is 9.84 Å². The van der Waals surface area contributed by atoms with E-state index in [0.717, 1.165) is 0 Å². The lowest BCUT2D eigenvalue weighted by atomic mass is 10.0. The molecule has 2 fully saturated rings. The van der Waals surface area contributed by atoms with Gasteiger partial charge in [0.15, 0.2) is 6.10 Å². The molecule has 2 unspecified atom stereocenters. The van der Waals surface area contributed by atoms with Crippen molar-refractivity contribution >= 4 is 5.97 Å². The minimum atomic E-state index is -2.70. The molecule has 1 spiro atoms. The van der Waals surface area contributed by atoms with Crippen molar-refractivity contribution in [2.24, 2.45) is 5.41 Å². The maximum atomic E-state index is 12.7. The molecule has 2 rings (SSSR count). The number of hydrogen-bond acceptors (Lipinski definition) is 2. The Labute approximate surface area is 67.3 Å². The van der Waals surface area contributed by atoms with E-state index in [9.17, 15) is 13.6 Å². The van der Waals surface area contributed by atoms with Gasteiger partial charge in [-0.15, -0.1) is 0 Å². The molecule has 12 heavy (non-hydrogen) atoms. The number of carboxylic acids is 1. The van der Waals surface area contributed by atoms with Gasteiger partial charge in [-0.3, -0.25) is 0 Å². The molecule has 2 aliphatic rings. The van der Waals surface area contributed by atoms with Crippen LogP contribution in [0.2, 0.25) is 0 Å². The van der Waals surface area contributed by atoms with Crippen molar-refractivity contribution in [2.75, 3.05) is 6.61 Å². The lowest BCUT2D eigenvalue weighted by molar-refractivity contribution is -0.147. The number of rotatable bonds is 1. The number of carbonyl (C=O) groups is 1. The van der Waals surface area contributed by atoms with Gasteiger partial charge in [0.25, 0.3) is 5.92 Å². The van der Waals surface area contributed by atoms with Crippen molar-refractivity contribution in [1.82, 2.24) is 0 Å². The van der Waals surface area contributed by atoms with Gasteiger partial charge in [-0.1, -0.05) is 0 Å². The zero-order chi connectivity index (χ0) is 8.98. The van der Waals surface area contributed by atoms with E-state index in [1.54, 1.807) is 0 Å². The summed E-state index contributed by atoms with van der Waals surface area (Å²) >= 11 is 0. The molecule has 0 amide bonds. The molecule has 0 aromatic rings. The first-order valence-corrected chi connectivity index (χ1v) is 3.69. The molecular formula is C7H8F2O3. The van der Waals surface area contributed by atoms with E-state index in [1.807, 2.05) is 0 Å². The Kier molecular flexibility index (Phi) is 1.29. The van der Waals surface area contributed by atoms with Gasteiger partial charge in [-0.2, -0.15) is 0 Å². The Balaban J connectivity index is 2.05. The highest BCUT2D eigenvalue weighted by molar-refractivity contribution is 5.73. The molecule has 68 valence electrons. The van der Waals surface area contributed by atoms with Crippen LogP contribution in [0.25, 0.3) is 0 Å². The van der Waals surface area contributed by atoms with Crippen LogP contribution in [0.3, 0.4) is 0 Å². The average Bonchev–Trinajstić information content (AvgIpc) is 2.38. The average molecular weight is 178 g/mol. The molecule has 3 nitrogen and oxygen atoms in total. The van der Waals surface area contributed by atoms with E-state index in [1.165, 1.54) is 0 Å². The predicted molar refractivity (Wildman–Crippen MR) is 34.0 cm³/mol. The summed E-state index contributed by atoms with van der Waals surface area (Å²) in [6.07, 6.45) is -1.29. The molecule has 1 aliphatic carbocycles. The van der Waals surface area contributed by atoms with Gasteiger partial charge in [0.05, 0.1) is 12.0 Å². The van der Waals surface area contributed by atoms with Crippen LogP contribution in [0.4, 0.5) is 8.78 Å². The smallest absolute Gasteiger partial charge is 0.332 e. The summed E-state index contributed by atoms with van der Waals surface area (Å²) in [7, 11) is 0. The molecule has 1 aliphatic heterocycles. The maximum absolute atomic E-state index is 12.7. The van der Waals surface area contributed by atoms with Crippen LogP contribution in [-0.4, -0.2) is 29.7 Å². The molecule has 0 aromatic carbocycles. The fourth-order valence-electron chi connectivity index (χ4n) is 1.65. The summed E-state index contributed by atoms with van der Waals surface area (Å²) in [5.74, 6) is -3.84. The number of carboxylic acid groups (broad SMARTS) is 1. The fourth-order valence-corrected chi connectivity index (χ4v) is 1.65. The van der Waals surface area contributed by atoms with Crippen LogP contribution >= 0.6 is 0 Å². The minimum absolute atomic E-state index is 0.0463. The number of halogens is 2. The van der Waals surface area contributed by atoms with E-state index in [0.29, 0.717) is 0 Å². The van der Waals surface area contributed by atoms with Crippen molar-refractivity contribution in [1.29, 1.82) is 0 Å². The highest BCUT2D eigenvalue weighted by atomic mass is 19.3. The largest absolute Gasteiger partial charge is 0.479 e. The van der Waals surface area contributed by atoms with Gasteiger partial charge < -0.3 is 9.84 Å². The third-order valence-electron chi connectivity index (χ3n) is 2.62. The van der Waals surface area contributed by atoms with Crippen LogP contribution in [-0.2, 0) is 9.53 Å². The summed E-state index contributed by atoms with van der Waals surface area (Å²) in [4.78, 5) is 10.4. The van der Waals surface area contributed by atoms with Crippen molar-refractivity contribution in [3.05, 3.63) is 0 Å². The highest BCUT2D eigenvalue weighted by Crippen LogP contribution is 2.65. The van der Waals surface area contributed by atoms with Gasteiger partial charge in [0.1, 0.15) is 0 Å². The van der Waals surface area contributed by atoms with Gasteiger partial charge in [0.2, 0.25) is 0 Å². The Bertz CT molecular complexity index is 241. The number of ether oxygens (including phenoxy) is 1. The standard InChI is InChI=1S/C7H8F2O3/c8-7(9)2-6(7)1-4(5(10)11)12-3-6/h4H,1-3H2,(H,10,11). The lowest BCUT2D eigenvalue weighted by Gasteiger charge is -2.02. The topological polar surface area (TPSA) is 46.5 Å². The molecule has 1 saturated carbocycles. The third kappa shape index (κ3) is 0.857. The molecule has 1 saturated heterocycles. The Hall–Kier alpha value is -0.710. The first kappa shape index (κ1) is 7.91. The maximum Gasteiger partial charge on any atom is 0.332 e. The molecule has 1 heterocycles. The normalized spacial score (nSPS) is 43.3. The second-order valence-electron chi connectivity index (χ2n) is 3.50. The van der Waals surface area contributed by atoms with Gasteiger partial charge >= 0.3 is 5.97 Å². The van der Waals surface area contributed by atoms with Crippen molar-refractivity contribution < 1.29 is 23.4 Å². The number of alkyl halides is 2. The van der Waals surface area contributed by atoms with E-state index < -0.39 is 23.4 Å². The number of aliphatic carboxylic acids is 1. The van der Waals surface area contributed by atoms with E-state index in [-0.39, 0.29) is 19.4 Å². The molecule has 1 N–H and O–H groups in total. The fraction of sp³-hybridized carbons (Fsp3) is 0.857. The Morgan fingerprint density at radius 2 is 2.17 bits per heavy atom. The van der Waals surface area contributed by atoms with E-state index >= 15 is 0 Å². The first-order chi connectivity index (χ1) is 5.47. The second-order valence-corrected chi connectivity index (χ2v) is 3.50. The molecule has 0 bridgehead atoms. The minimum Gasteiger partial charge on any atom is -0.479 e. The van der Waals surface area contributed by atoms with Gasteiger partial charge in [-0.05, 0) is 6.42 Å². The third-order valence-corrected chi connectivity index (χ3v) is 2.62. The summed E-state index contributed by atoms with van der Waals surface area (Å²) in [5.41, 5.74) is -1.14. The zero-order valence-corrected chi connectivity index (χ0v) is 6.22. The summed E-state index contributed by atoms with van der Waals surface area (Å²) < 4.78 is 30.1. The van der Waals surface area contributed by atoms with Crippen LogP contribution in [0, 0.1) is 5.41 Å². The lowest BCUT2D eigenvalue weighted by Crippen LogP contribution is -2.19. The van der Waals surface area contributed by atoms with Crippen LogP contribution in [0.1, 0.15) is 12.8 Å². The Morgan fingerprint density at radius 3 is 2.42 bits per heavy atom. The molecule has 5 heteroatoms. The summed E-state index contributed by atoms with van der Waals surface area (Å²) in [6, 6.07) is 0. The van der Waals surface area contributed by atoms with Gasteiger partial charge in [0, 0.05) is 6.42 Å². The highest BCUT2D eigenvalue weighted by Gasteiger charge is 2.74.